The third-order valence-electron chi connectivity index (χ3n) is 5.05. The Kier molecular flexibility index (Phi) is 7.88. The zero-order valence-electron chi connectivity index (χ0n) is 16.8. The summed E-state index contributed by atoms with van der Waals surface area (Å²) in [5, 5.41) is 6.95. The number of piperidine rings is 1. The van der Waals surface area contributed by atoms with E-state index in [1.165, 1.54) is 19.0 Å². The molecule has 2 N–H and O–H groups in total. The SMILES string of the molecule is CCCN1CCC(NC(=NCC(C)(C)c2cccc(F)c2)NCC)CC1. The first-order chi connectivity index (χ1) is 12.4. The summed E-state index contributed by atoms with van der Waals surface area (Å²) in [5.74, 6) is 0.675. The average molecular weight is 363 g/mol. The molecular formula is C21H35FN4. The van der Waals surface area contributed by atoms with Crippen molar-refractivity contribution in [1.82, 2.24) is 15.5 Å². The van der Waals surface area contributed by atoms with Gasteiger partial charge in [0.05, 0.1) is 6.54 Å². The summed E-state index contributed by atoms with van der Waals surface area (Å²) in [6.07, 6.45) is 3.52. The van der Waals surface area contributed by atoms with Crippen LogP contribution in [0.4, 0.5) is 4.39 Å². The Morgan fingerprint density at radius 2 is 2.00 bits per heavy atom. The van der Waals surface area contributed by atoms with Crippen molar-refractivity contribution in [2.24, 2.45) is 4.99 Å². The van der Waals surface area contributed by atoms with E-state index in [4.69, 9.17) is 4.99 Å². The van der Waals surface area contributed by atoms with Gasteiger partial charge in [-0.05, 0) is 50.4 Å². The number of hydrogen-bond acceptors (Lipinski definition) is 2. The Morgan fingerprint density at radius 1 is 1.27 bits per heavy atom. The van der Waals surface area contributed by atoms with Gasteiger partial charge in [-0.15, -0.1) is 0 Å². The quantitative estimate of drug-likeness (QED) is 0.576. The molecule has 0 radical (unpaired) electrons. The van der Waals surface area contributed by atoms with E-state index in [2.05, 4.69) is 43.2 Å². The van der Waals surface area contributed by atoms with E-state index in [0.29, 0.717) is 12.6 Å². The minimum absolute atomic E-state index is 0.191. The van der Waals surface area contributed by atoms with Gasteiger partial charge in [-0.2, -0.15) is 0 Å². The van der Waals surface area contributed by atoms with Crippen LogP contribution in [-0.2, 0) is 5.41 Å². The molecule has 1 heterocycles. The fourth-order valence-electron chi connectivity index (χ4n) is 3.41. The fraction of sp³-hybridized carbons (Fsp3) is 0.667. The van der Waals surface area contributed by atoms with Crippen LogP contribution in [0.3, 0.4) is 0 Å². The molecule has 1 aromatic rings. The van der Waals surface area contributed by atoms with Crippen molar-refractivity contribution >= 4 is 5.96 Å². The smallest absolute Gasteiger partial charge is 0.191 e. The third-order valence-corrected chi connectivity index (χ3v) is 5.05. The summed E-state index contributed by atoms with van der Waals surface area (Å²) in [5.41, 5.74) is 0.763. The summed E-state index contributed by atoms with van der Waals surface area (Å²) in [4.78, 5) is 7.34. The molecule has 5 heteroatoms. The zero-order valence-corrected chi connectivity index (χ0v) is 16.8. The van der Waals surface area contributed by atoms with Crippen LogP contribution in [0.2, 0.25) is 0 Å². The highest BCUT2D eigenvalue weighted by Crippen LogP contribution is 2.24. The van der Waals surface area contributed by atoms with Gasteiger partial charge in [0.15, 0.2) is 5.96 Å². The second-order valence-electron chi connectivity index (χ2n) is 7.85. The number of halogens is 1. The monoisotopic (exact) mass is 362 g/mol. The number of benzene rings is 1. The van der Waals surface area contributed by atoms with E-state index in [0.717, 1.165) is 44.0 Å². The van der Waals surface area contributed by atoms with Crippen molar-refractivity contribution in [2.75, 3.05) is 32.7 Å². The van der Waals surface area contributed by atoms with Gasteiger partial charge in [-0.25, -0.2) is 4.39 Å². The molecule has 1 aliphatic rings. The number of guanidine groups is 1. The largest absolute Gasteiger partial charge is 0.357 e. The lowest BCUT2D eigenvalue weighted by atomic mass is 9.85. The van der Waals surface area contributed by atoms with Crippen molar-refractivity contribution in [3.8, 4) is 0 Å². The van der Waals surface area contributed by atoms with Crippen LogP contribution in [0, 0.1) is 5.82 Å². The highest BCUT2D eigenvalue weighted by molar-refractivity contribution is 5.80. The maximum Gasteiger partial charge on any atom is 0.191 e. The zero-order chi connectivity index (χ0) is 19.0. The molecule has 26 heavy (non-hydrogen) atoms. The molecule has 0 spiro atoms. The van der Waals surface area contributed by atoms with E-state index < -0.39 is 0 Å². The van der Waals surface area contributed by atoms with Crippen LogP contribution in [0.1, 0.15) is 52.5 Å². The predicted molar refractivity (Wildman–Crippen MR) is 108 cm³/mol. The second kappa shape index (κ2) is 9.91. The number of nitrogens with zero attached hydrogens (tertiary/aromatic N) is 2. The summed E-state index contributed by atoms with van der Waals surface area (Å²) in [6, 6.07) is 7.31. The van der Waals surface area contributed by atoms with E-state index in [-0.39, 0.29) is 11.2 Å². The van der Waals surface area contributed by atoms with Gasteiger partial charge in [-0.3, -0.25) is 4.99 Å². The Bertz CT molecular complexity index is 577. The number of nitrogens with one attached hydrogen (secondary N) is 2. The Labute approximate surface area is 158 Å². The van der Waals surface area contributed by atoms with Crippen LogP contribution in [-0.4, -0.2) is 49.6 Å². The van der Waals surface area contributed by atoms with Gasteiger partial charge < -0.3 is 15.5 Å². The molecule has 1 aliphatic heterocycles. The maximum atomic E-state index is 13.5. The van der Waals surface area contributed by atoms with E-state index in [1.54, 1.807) is 12.1 Å². The van der Waals surface area contributed by atoms with Gasteiger partial charge in [0.25, 0.3) is 0 Å². The van der Waals surface area contributed by atoms with Crippen molar-refractivity contribution in [2.45, 2.75) is 58.4 Å². The molecule has 1 aromatic carbocycles. The minimum Gasteiger partial charge on any atom is -0.357 e. The summed E-state index contributed by atoms with van der Waals surface area (Å²) < 4.78 is 13.5. The molecular weight excluding hydrogens is 327 g/mol. The second-order valence-corrected chi connectivity index (χ2v) is 7.85. The van der Waals surface area contributed by atoms with Gasteiger partial charge in [-0.1, -0.05) is 32.9 Å². The van der Waals surface area contributed by atoms with Crippen LogP contribution >= 0.6 is 0 Å². The molecule has 0 amide bonds. The summed E-state index contributed by atoms with van der Waals surface area (Å²) in [7, 11) is 0. The van der Waals surface area contributed by atoms with Gasteiger partial charge in [0.1, 0.15) is 5.82 Å². The van der Waals surface area contributed by atoms with Gasteiger partial charge in [0.2, 0.25) is 0 Å². The van der Waals surface area contributed by atoms with E-state index in [1.807, 2.05) is 6.07 Å². The summed E-state index contributed by atoms with van der Waals surface area (Å²) >= 11 is 0. The number of likely N-dealkylation sites (tertiary alicyclic amines) is 1. The molecule has 146 valence electrons. The topological polar surface area (TPSA) is 39.7 Å². The summed E-state index contributed by atoms with van der Waals surface area (Å²) in [6.45, 7) is 13.5. The lowest BCUT2D eigenvalue weighted by Gasteiger charge is -2.33. The fourth-order valence-corrected chi connectivity index (χ4v) is 3.41. The molecule has 2 rings (SSSR count). The molecule has 1 saturated heterocycles. The standard InChI is InChI=1S/C21H35FN4/c1-5-12-26-13-10-19(11-14-26)25-20(23-6-2)24-16-21(3,4)17-8-7-9-18(22)15-17/h7-9,15,19H,5-6,10-14,16H2,1-4H3,(H2,23,24,25). The van der Waals surface area contributed by atoms with Gasteiger partial charge >= 0.3 is 0 Å². The molecule has 0 aliphatic carbocycles. The van der Waals surface area contributed by atoms with Crippen LogP contribution in [0.25, 0.3) is 0 Å². The van der Waals surface area contributed by atoms with Crippen molar-refractivity contribution in [1.29, 1.82) is 0 Å². The average Bonchev–Trinajstić information content (AvgIpc) is 2.62. The van der Waals surface area contributed by atoms with Crippen molar-refractivity contribution in [3.63, 3.8) is 0 Å². The molecule has 0 bridgehead atoms. The van der Waals surface area contributed by atoms with Crippen molar-refractivity contribution < 1.29 is 4.39 Å². The molecule has 4 nitrogen and oxygen atoms in total. The predicted octanol–water partition coefficient (Wildman–Crippen LogP) is 3.53. The highest BCUT2D eigenvalue weighted by atomic mass is 19.1. The number of rotatable bonds is 7. The number of aliphatic imine (C=N–C) groups is 1. The first kappa shape index (κ1) is 20.7. The van der Waals surface area contributed by atoms with Crippen LogP contribution < -0.4 is 10.6 Å². The van der Waals surface area contributed by atoms with E-state index in [9.17, 15) is 4.39 Å². The number of hydrogen-bond donors (Lipinski definition) is 2. The normalized spacial score (nSPS) is 17.3. The van der Waals surface area contributed by atoms with Crippen LogP contribution in [0.5, 0.6) is 0 Å². The third kappa shape index (κ3) is 6.27. The first-order valence-electron chi connectivity index (χ1n) is 9.98. The highest BCUT2D eigenvalue weighted by Gasteiger charge is 2.22. The van der Waals surface area contributed by atoms with E-state index >= 15 is 0 Å². The van der Waals surface area contributed by atoms with Gasteiger partial charge in [0, 0.05) is 31.1 Å². The first-order valence-corrected chi connectivity index (χ1v) is 9.98. The molecule has 0 atom stereocenters. The Hall–Kier alpha value is -1.62. The Balaban J connectivity index is 1.96. The molecule has 1 fully saturated rings. The molecule has 0 saturated carbocycles. The lowest BCUT2D eigenvalue weighted by molar-refractivity contribution is 0.206. The van der Waals surface area contributed by atoms with Crippen molar-refractivity contribution in [3.05, 3.63) is 35.6 Å². The minimum atomic E-state index is -0.213. The Morgan fingerprint density at radius 3 is 2.62 bits per heavy atom. The van der Waals surface area contributed by atoms with Crippen LogP contribution in [0.15, 0.2) is 29.3 Å². The maximum absolute atomic E-state index is 13.5. The molecule has 0 aromatic heterocycles. The lowest BCUT2D eigenvalue weighted by Crippen LogP contribution is -2.49. The molecule has 0 unspecified atom stereocenters.